The second-order valence-corrected chi connectivity index (χ2v) is 6.70. The van der Waals surface area contributed by atoms with E-state index in [1.165, 1.54) is 12.8 Å². The normalized spacial score (nSPS) is 15.3. The molecular formula is C20H30N2O3. The molecule has 2 rings (SSSR count). The molecular weight excluding hydrogens is 316 g/mol. The van der Waals surface area contributed by atoms with Crippen LogP contribution in [-0.4, -0.2) is 43.0 Å². The summed E-state index contributed by atoms with van der Waals surface area (Å²) < 4.78 is 5.32. The van der Waals surface area contributed by atoms with E-state index in [-0.39, 0.29) is 24.4 Å². The number of para-hydroxylation sites is 1. The first kappa shape index (κ1) is 19.3. The molecule has 2 amide bonds. The summed E-state index contributed by atoms with van der Waals surface area (Å²) in [6.45, 7) is 2.26. The molecule has 1 aromatic carbocycles. The predicted molar refractivity (Wildman–Crippen MR) is 98.6 cm³/mol. The number of nitrogens with one attached hydrogen (secondary N) is 1. The van der Waals surface area contributed by atoms with E-state index in [4.69, 9.17) is 4.74 Å². The Bertz CT molecular complexity index is 566. The molecule has 1 N–H and O–H groups in total. The third-order valence-corrected chi connectivity index (χ3v) is 4.89. The first-order chi connectivity index (χ1) is 12.1. The third-order valence-electron chi connectivity index (χ3n) is 4.89. The molecule has 0 radical (unpaired) electrons. The largest absolute Gasteiger partial charge is 0.496 e. The van der Waals surface area contributed by atoms with E-state index in [0.717, 1.165) is 37.0 Å². The van der Waals surface area contributed by atoms with E-state index in [2.05, 4.69) is 5.32 Å². The van der Waals surface area contributed by atoms with Crippen molar-refractivity contribution in [3.63, 3.8) is 0 Å². The molecule has 1 aliphatic rings. The summed E-state index contributed by atoms with van der Waals surface area (Å²) in [6, 6.07) is 8.01. The van der Waals surface area contributed by atoms with E-state index < -0.39 is 0 Å². The highest BCUT2D eigenvalue weighted by Crippen LogP contribution is 2.22. The number of methoxy groups -OCH3 is 1. The number of nitrogens with zero attached hydrogens (tertiary/aromatic N) is 1. The Labute approximate surface area is 150 Å². The molecule has 138 valence electrons. The quantitative estimate of drug-likeness (QED) is 0.772. The maximum atomic E-state index is 12.3. The van der Waals surface area contributed by atoms with Crippen LogP contribution in [0.5, 0.6) is 5.75 Å². The zero-order valence-corrected chi connectivity index (χ0v) is 15.4. The smallest absolute Gasteiger partial charge is 0.239 e. The van der Waals surface area contributed by atoms with Crippen molar-refractivity contribution in [2.75, 3.05) is 20.2 Å². The minimum atomic E-state index is -0.0886. The number of ether oxygens (including phenoxy) is 1. The molecule has 0 saturated heterocycles. The second kappa shape index (κ2) is 10.1. The van der Waals surface area contributed by atoms with Crippen LogP contribution in [0.2, 0.25) is 0 Å². The van der Waals surface area contributed by atoms with Crippen LogP contribution >= 0.6 is 0 Å². The van der Waals surface area contributed by atoms with Crippen LogP contribution in [0.25, 0.3) is 0 Å². The van der Waals surface area contributed by atoms with E-state index >= 15 is 0 Å². The van der Waals surface area contributed by atoms with E-state index in [1.807, 2.05) is 24.3 Å². The minimum Gasteiger partial charge on any atom is -0.496 e. The highest BCUT2D eigenvalue weighted by atomic mass is 16.5. The number of benzene rings is 1. The van der Waals surface area contributed by atoms with Crippen LogP contribution in [0.3, 0.4) is 0 Å². The fourth-order valence-electron chi connectivity index (χ4n) is 3.52. The van der Waals surface area contributed by atoms with Gasteiger partial charge in [-0.1, -0.05) is 43.9 Å². The molecule has 0 atom stereocenters. The van der Waals surface area contributed by atoms with Gasteiger partial charge < -0.3 is 15.0 Å². The van der Waals surface area contributed by atoms with Gasteiger partial charge in [0.15, 0.2) is 0 Å². The number of hydrogen-bond donors (Lipinski definition) is 1. The van der Waals surface area contributed by atoms with Crippen LogP contribution in [-0.2, 0) is 16.0 Å². The SMILES string of the molecule is COc1ccccc1CCNC(=O)CN(C(C)=O)C1CCCCCC1. The maximum Gasteiger partial charge on any atom is 0.239 e. The van der Waals surface area contributed by atoms with Gasteiger partial charge in [0.2, 0.25) is 11.8 Å². The number of carbonyl (C=O) groups excluding carboxylic acids is 2. The van der Waals surface area contributed by atoms with Crippen molar-refractivity contribution in [2.24, 2.45) is 0 Å². The first-order valence-corrected chi connectivity index (χ1v) is 9.27. The fourth-order valence-corrected chi connectivity index (χ4v) is 3.52. The molecule has 0 aliphatic heterocycles. The summed E-state index contributed by atoms with van der Waals surface area (Å²) in [6.07, 6.45) is 7.47. The zero-order valence-electron chi connectivity index (χ0n) is 15.4. The highest BCUT2D eigenvalue weighted by molar-refractivity contribution is 5.84. The number of carbonyl (C=O) groups is 2. The molecule has 0 spiro atoms. The molecule has 0 heterocycles. The van der Waals surface area contributed by atoms with Crippen LogP contribution in [0.15, 0.2) is 24.3 Å². The van der Waals surface area contributed by atoms with Gasteiger partial charge in [0.1, 0.15) is 5.75 Å². The Morgan fingerprint density at radius 1 is 1.16 bits per heavy atom. The Morgan fingerprint density at radius 3 is 2.48 bits per heavy atom. The monoisotopic (exact) mass is 346 g/mol. The summed E-state index contributed by atoms with van der Waals surface area (Å²) in [5, 5.41) is 2.93. The highest BCUT2D eigenvalue weighted by Gasteiger charge is 2.24. The molecule has 1 saturated carbocycles. The molecule has 1 fully saturated rings. The molecule has 0 bridgehead atoms. The average Bonchev–Trinajstić information content (AvgIpc) is 2.89. The standard InChI is InChI=1S/C20H30N2O3/c1-16(23)22(18-10-5-3-4-6-11-18)15-20(24)21-14-13-17-9-7-8-12-19(17)25-2/h7-9,12,18H,3-6,10-11,13-15H2,1-2H3,(H,21,24). The molecule has 1 aliphatic carbocycles. The van der Waals surface area contributed by atoms with Gasteiger partial charge in [-0.05, 0) is 30.9 Å². The summed E-state index contributed by atoms with van der Waals surface area (Å²) >= 11 is 0. The van der Waals surface area contributed by atoms with E-state index in [0.29, 0.717) is 13.0 Å². The average molecular weight is 346 g/mol. The third kappa shape index (κ3) is 6.07. The lowest BCUT2D eigenvalue weighted by molar-refractivity contribution is -0.136. The van der Waals surface area contributed by atoms with Gasteiger partial charge in [0.05, 0.1) is 13.7 Å². The molecule has 25 heavy (non-hydrogen) atoms. The molecule has 5 nitrogen and oxygen atoms in total. The van der Waals surface area contributed by atoms with Crippen LogP contribution in [0.4, 0.5) is 0 Å². The molecule has 0 unspecified atom stereocenters. The molecule has 5 heteroatoms. The van der Waals surface area contributed by atoms with Gasteiger partial charge in [0, 0.05) is 19.5 Å². The topological polar surface area (TPSA) is 58.6 Å². The number of rotatable bonds is 7. The van der Waals surface area contributed by atoms with Gasteiger partial charge in [-0.15, -0.1) is 0 Å². The minimum absolute atomic E-state index is 0.00761. The molecule has 0 aromatic heterocycles. The Balaban J connectivity index is 1.83. The van der Waals surface area contributed by atoms with Gasteiger partial charge in [-0.2, -0.15) is 0 Å². The Morgan fingerprint density at radius 2 is 1.84 bits per heavy atom. The van der Waals surface area contributed by atoms with Crippen molar-refractivity contribution in [3.05, 3.63) is 29.8 Å². The number of amides is 2. The van der Waals surface area contributed by atoms with Crippen molar-refractivity contribution >= 4 is 11.8 Å². The lowest BCUT2D eigenvalue weighted by Gasteiger charge is -2.29. The van der Waals surface area contributed by atoms with E-state index in [9.17, 15) is 9.59 Å². The first-order valence-electron chi connectivity index (χ1n) is 9.27. The van der Waals surface area contributed by atoms with Crippen molar-refractivity contribution < 1.29 is 14.3 Å². The molecule has 1 aromatic rings. The van der Waals surface area contributed by atoms with Crippen molar-refractivity contribution in [1.82, 2.24) is 10.2 Å². The van der Waals surface area contributed by atoms with Crippen LogP contribution in [0, 0.1) is 0 Å². The lowest BCUT2D eigenvalue weighted by Crippen LogP contribution is -2.45. The van der Waals surface area contributed by atoms with Crippen LogP contribution in [0.1, 0.15) is 51.0 Å². The zero-order chi connectivity index (χ0) is 18.1. The Kier molecular flexibility index (Phi) is 7.76. The van der Waals surface area contributed by atoms with Crippen molar-refractivity contribution in [3.8, 4) is 5.75 Å². The van der Waals surface area contributed by atoms with Gasteiger partial charge in [-0.25, -0.2) is 0 Å². The maximum absolute atomic E-state index is 12.3. The van der Waals surface area contributed by atoms with Gasteiger partial charge in [-0.3, -0.25) is 9.59 Å². The van der Waals surface area contributed by atoms with Gasteiger partial charge in [0.25, 0.3) is 0 Å². The van der Waals surface area contributed by atoms with Crippen LogP contribution < -0.4 is 10.1 Å². The lowest BCUT2D eigenvalue weighted by atomic mass is 10.1. The second-order valence-electron chi connectivity index (χ2n) is 6.70. The summed E-state index contributed by atoms with van der Waals surface area (Å²) in [5.74, 6) is 0.738. The summed E-state index contributed by atoms with van der Waals surface area (Å²) in [4.78, 5) is 26.0. The van der Waals surface area contributed by atoms with E-state index in [1.54, 1.807) is 18.9 Å². The van der Waals surface area contributed by atoms with Crippen molar-refractivity contribution in [1.29, 1.82) is 0 Å². The van der Waals surface area contributed by atoms with Gasteiger partial charge >= 0.3 is 0 Å². The number of hydrogen-bond acceptors (Lipinski definition) is 3. The Hall–Kier alpha value is -2.04. The van der Waals surface area contributed by atoms with Crippen molar-refractivity contribution in [2.45, 2.75) is 57.9 Å². The fraction of sp³-hybridized carbons (Fsp3) is 0.600. The summed E-state index contributed by atoms with van der Waals surface area (Å²) in [7, 11) is 1.65. The predicted octanol–water partition coefficient (Wildman–Crippen LogP) is 2.93. The summed E-state index contributed by atoms with van der Waals surface area (Å²) in [5.41, 5.74) is 1.07.